The second-order valence-electron chi connectivity index (χ2n) is 6.01. The summed E-state index contributed by atoms with van der Waals surface area (Å²) < 4.78 is 5.03. The lowest BCUT2D eigenvalue weighted by molar-refractivity contribution is 0.0605. The van der Waals surface area contributed by atoms with Gasteiger partial charge in [0, 0.05) is 48.8 Å². The van der Waals surface area contributed by atoms with Crippen molar-refractivity contribution in [1.29, 1.82) is 0 Å². The van der Waals surface area contributed by atoms with Gasteiger partial charge in [-0.3, -0.25) is 9.69 Å². The topological polar surface area (TPSA) is 65.6 Å². The molecule has 1 aromatic heterocycles. The third-order valence-electron chi connectivity index (χ3n) is 4.62. The number of hydrogen-bond acceptors (Lipinski definition) is 4. The summed E-state index contributed by atoms with van der Waals surface area (Å²) >= 11 is 0. The SMILES string of the molecule is CCOC(=O)N1CCN([C@H](C)C(=O)c2c[nH]c3ccccc23)CC1. The highest BCUT2D eigenvalue weighted by molar-refractivity contribution is 6.10. The molecule has 6 nitrogen and oxygen atoms in total. The smallest absolute Gasteiger partial charge is 0.409 e. The first-order valence-corrected chi connectivity index (χ1v) is 8.38. The number of H-pyrrole nitrogens is 1. The van der Waals surface area contributed by atoms with E-state index in [1.807, 2.05) is 31.2 Å². The Kier molecular flexibility index (Phi) is 4.85. The van der Waals surface area contributed by atoms with Gasteiger partial charge in [0.05, 0.1) is 12.6 Å². The van der Waals surface area contributed by atoms with Crippen LogP contribution in [0.25, 0.3) is 10.9 Å². The molecule has 1 aliphatic rings. The van der Waals surface area contributed by atoms with E-state index < -0.39 is 0 Å². The lowest BCUT2D eigenvalue weighted by Gasteiger charge is -2.36. The summed E-state index contributed by atoms with van der Waals surface area (Å²) in [6.45, 7) is 6.64. The quantitative estimate of drug-likeness (QED) is 0.875. The summed E-state index contributed by atoms with van der Waals surface area (Å²) in [4.78, 5) is 31.6. The summed E-state index contributed by atoms with van der Waals surface area (Å²) in [7, 11) is 0. The first kappa shape index (κ1) is 16.5. The Labute approximate surface area is 141 Å². The molecule has 0 spiro atoms. The second kappa shape index (κ2) is 7.05. The van der Waals surface area contributed by atoms with Gasteiger partial charge in [-0.2, -0.15) is 0 Å². The van der Waals surface area contributed by atoms with E-state index in [-0.39, 0.29) is 17.9 Å². The van der Waals surface area contributed by atoms with Gasteiger partial charge in [0.15, 0.2) is 5.78 Å². The highest BCUT2D eigenvalue weighted by atomic mass is 16.6. The molecule has 24 heavy (non-hydrogen) atoms. The molecule has 2 aromatic rings. The van der Waals surface area contributed by atoms with E-state index in [1.165, 1.54) is 0 Å². The van der Waals surface area contributed by atoms with E-state index in [0.717, 1.165) is 16.5 Å². The Morgan fingerprint density at radius 3 is 2.62 bits per heavy atom. The summed E-state index contributed by atoms with van der Waals surface area (Å²) in [6, 6.07) is 7.61. The van der Waals surface area contributed by atoms with Crippen LogP contribution in [0.5, 0.6) is 0 Å². The molecule has 3 rings (SSSR count). The normalized spacial score (nSPS) is 17.0. The number of carbonyl (C=O) groups is 2. The highest BCUT2D eigenvalue weighted by Crippen LogP contribution is 2.21. The molecular formula is C18H23N3O3. The van der Waals surface area contributed by atoms with E-state index in [1.54, 1.807) is 18.0 Å². The van der Waals surface area contributed by atoms with Crippen LogP contribution in [0.3, 0.4) is 0 Å². The van der Waals surface area contributed by atoms with Gasteiger partial charge < -0.3 is 14.6 Å². The van der Waals surface area contributed by atoms with E-state index in [0.29, 0.717) is 32.8 Å². The molecule has 1 fully saturated rings. The number of Topliss-reactive ketones (excluding diaryl/α,β-unsaturated/α-hetero) is 1. The van der Waals surface area contributed by atoms with Crippen LogP contribution in [-0.2, 0) is 4.74 Å². The van der Waals surface area contributed by atoms with E-state index >= 15 is 0 Å². The van der Waals surface area contributed by atoms with Crippen LogP contribution in [0.2, 0.25) is 0 Å². The zero-order chi connectivity index (χ0) is 17.1. The molecule has 1 atom stereocenters. The number of fused-ring (bicyclic) bond motifs is 1. The van der Waals surface area contributed by atoms with E-state index in [9.17, 15) is 9.59 Å². The van der Waals surface area contributed by atoms with Gasteiger partial charge in [-0.1, -0.05) is 18.2 Å². The highest BCUT2D eigenvalue weighted by Gasteiger charge is 2.29. The molecular weight excluding hydrogens is 306 g/mol. The second-order valence-corrected chi connectivity index (χ2v) is 6.01. The van der Waals surface area contributed by atoms with E-state index in [2.05, 4.69) is 9.88 Å². The first-order chi connectivity index (χ1) is 11.6. The fourth-order valence-electron chi connectivity index (χ4n) is 3.17. The average molecular weight is 329 g/mol. The number of aromatic amines is 1. The minimum atomic E-state index is -0.271. The largest absolute Gasteiger partial charge is 0.450 e. The van der Waals surface area contributed by atoms with Crippen molar-refractivity contribution in [2.75, 3.05) is 32.8 Å². The van der Waals surface area contributed by atoms with Crippen LogP contribution in [-0.4, -0.2) is 65.5 Å². The maximum atomic E-state index is 12.9. The van der Waals surface area contributed by atoms with Gasteiger partial charge in [-0.05, 0) is 19.9 Å². The average Bonchev–Trinajstić information content (AvgIpc) is 3.05. The van der Waals surface area contributed by atoms with Gasteiger partial charge in [0.1, 0.15) is 0 Å². The molecule has 0 unspecified atom stereocenters. The molecule has 1 N–H and O–H groups in total. The third-order valence-corrected chi connectivity index (χ3v) is 4.62. The number of aromatic nitrogens is 1. The molecule has 0 radical (unpaired) electrons. The van der Waals surface area contributed by atoms with Crippen molar-refractivity contribution in [3.63, 3.8) is 0 Å². The molecule has 6 heteroatoms. The predicted molar refractivity (Wildman–Crippen MR) is 92.3 cm³/mol. The number of nitrogens with zero attached hydrogens (tertiary/aromatic N) is 2. The number of benzene rings is 1. The molecule has 2 heterocycles. The number of amides is 1. The van der Waals surface area contributed by atoms with Crippen LogP contribution in [0.1, 0.15) is 24.2 Å². The molecule has 1 saturated heterocycles. The monoisotopic (exact) mass is 329 g/mol. The predicted octanol–water partition coefficient (Wildman–Crippen LogP) is 2.51. The number of ketones is 1. The Hall–Kier alpha value is -2.34. The van der Waals surface area contributed by atoms with Crippen LogP contribution in [0, 0.1) is 0 Å². The number of nitrogens with one attached hydrogen (secondary N) is 1. The molecule has 0 saturated carbocycles. The van der Waals surface area contributed by atoms with Crippen LogP contribution in [0.15, 0.2) is 30.5 Å². The minimum absolute atomic E-state index is 0.108. The number of rotatable bonds is 4. The van der Waals surface area contributed by atoms with E-state index in [4.69, 9.17) is 4.74 Å². The Morgan fingerprint density at radius 1 is 1.21 bits per heavy atom. The van der Waals surface area contributed by atoms with Gasteiger partial charge in [-0.25, -0.2) is 4.79 Å². The van der Waals surface area contributed by atoms with Crippen molar-refractivity contribution < 1.29 is 14.3 Å². The fourth-order valence-corrected chi connectivity index (χ4v) is 3.17. The van der Waals surface area contributed by atoms with Gasteiger partial charge in [0.25, 0.3) is 0 Å². The molecule has 1 aromatic carbocycles. The molecule has 1 aliphatic heterocycles. The van der Waals surface area contributed by atoms with Gasteiger partial charge >= 0.3 is 6.09 Å². The van der Waals surface area contributed by atoms with Crippen molar-refractivity contribution in [2.24, 2.45) is 0 Å². The molecule has 128 valence electrons. The Balaban J connectivity index is 1.66. The Bertz CT molecular complexity index is 732. The van der Waals surface area contributed by atoms with Gasteiger partial charge in [0.2, 0.25) is 0 Å². The zero-order valence-corrected chi connectivity index (χ0v) is 14.1. The number of hydrogen-bond donors (Lipinski definition) is 1. The van der Waals surface area contributed by atoms with Crippen molar-refractivity contribution >= 4 is 22.8 Å². The number of ether oxygens (including phenoxy) is 1. The van der Waals surface area contributed by atoms with Crippen molar-refractivity contribution in [3.8, 4) is 0 Å². The zero-order valence-electron chi connectivity index (χ0n) is 14.1. The van der Waals surface area contributed by atoms with Gasteiger partial charge in [-0.15, -0.1) is 0 Å². The standard InChI is InChI=1S/C18H23N3O3/c1-3-24-18(23)21-10-8-20(9-11-21)13(2)17(22)15-12-19-16-7-5-4-6-14(15)16/h4-7,12-13,19H,3,8-11H2,1-2H3/t13-/m1/s1. The van der Waals surface area contributed by atoms with Crippen LogP contribution < -0.4 is 0 Å². The van der Waals surface area contributed by atoms with Crippen LogP contribution in [0.4, 0.5) is 4.79 Å². The third kappa shape index (κ3) is 3.14. The number of piperazine rings is 1. The Morgan fingerprint density at radius 2 is 1.92 bits per heavy atom. The molecule has 0 bridgehead atoms. The minimum Gasteiger partial charge on any atom is -0.450 e. The number of carbonyl (C=O) groups excluding carboxylic acids is 2. The van der Waals surface area contributed by atoms with Crippen LogP contribution >= 0.6 is 0 Å². The molecule has 1 amide bonds. The van der Waals surface area contributed by atoms with Crippen molar-refractivity contribution in [2.45, 2.75) is 19.9 Å². The molecule has 0 aliphatic carbocycles. The summed E-state index contributed by atoms with van der Waals surface area (Å²) in [5, 5.41) is 0.958. The van der Waals surface area contributed by atoms with Crippen molar-refractivity contribution in [1.82, 2.24) is 14.8 Å². The first-order valence-electron chi connectivity index (χ1n) is 8.38. The maximum Gasteiger partial charge on any atom is 0.409 e. The lowest BCUT2D eigenvalue weighted by atomic mass is 10.0. The lowest BCUT2D eigenvalue weighted by Crippen LogP contribution is -2.53. The fraction of sp³-hybridized carbons (Fsp3) is 0.444. The maximum absolute atomic E-state index is 12.9. The summed E-state index contributed by atoms with van der Waals surface area (Å²) in [6.07, 6.45) is 1.52. The van der Waals surface area contributed by atoms with Crippen molar-refractivity contribution in [3.05, 3.63) is 36.0 Å². The number of para-hydroxylation sites is 1. The summed E-state index contributed by atoms with van der Waals surface area (Å²) in [5.74, 6) is 0.108. The summed E-state index contributed by atoms with van der Waals surface area (Å²) in [5.41, 5.74) is 1.70.